The molecule has 0 saturated heterocycles. The molecule has 0 bridgehead atoms. The molecule has 90 valence electrons. The van der Waals surface area contributed by atoms with Crippen molar-refractivity contribution in [2.75, 3.05) is 0 Å². The molecule has 0 N–H and O–H groups in total. The van der Waals surface area contributed by atoms with E-state index in [-0.39, 0.29) is 0 Å². The molecule has 0 amide bonds. The van der Waals surface area contributed by atoms with Gasteiger partial charge in [0.25, 0.3) is 0 Å². The van der Waals surface area contributed by atoms with Crippen molar-refractivity contribution in [1.29, 1.82) is 0 Å². The van der Waals surface area contributed by atoms with Crippen LogP contribution in [0.5, 0.6) is 0 Å². The molecule has 0 spiro atoms. The monoisotopic (exact) mass is 262 g/mol. The van der Waals surface area contributed by atoms with Crippen LogP contribution in [0.25, 0.3) is 32.3 Å². The summed E-state index contributed by atoms with van der Waals surface area (Å²) in [6.45, 7) is 0. The fourth-order valence-electron chi connectivity index (χ4n) is 2.78. The summed E-state index contributed by atoms with van der Waals surface area (Å²) in [4.78, 5) is 0. The van der Waals surface area contributed by atoms with Gasteiger partial charge in [-0.05, 0) is 27.6 Å². The van der Waals surface area contributed by atoms with E-state index >= 15 is 0 Å². The Balaban J connectivity index is 2.33. The maximum absolute atomic E-state index is 6.65. The molecule has 0 unspecified atom stereocenters. The van der Waals surface area contributed by atoms with Crippen molar-refractivity contribution in [3.63, 3.8) is 0 Å². The summed E-state index contributed by atoms with van der Waals surface area (Å²) in [5.74, 6) is 0. The maximum atomic E-state index is 6.65. The third-order valence-corrected chi connectivity index (χ3v) is 4.08. The van der Waals surface area contributed by atoms with Gasteiger partial charge in [-0.2, -0.15) is 0 Å². The second-order valence-electron chi connectivity index (χ2n) is 4.80. The largest absolute Gasteiger partial charge is 0.0830 e. The Morgan fingerprint density at radius 3 is 2.05 bits per heavy atom. The average molecular weight is 263 g/mol. The van der Waals surface area contributed by atoms with E-state index in [1.54, 1.807) is 0 Å². The van der Waals surface area contributed by atoms with Crippen molar-refractivity contribution < 1.29 is 0 Å². The van der Waals surface area contributed by atoms with E-state index < -0.39 is 0 Å². The lowest BCUT2D eigenvalue weighted by Gasteiger charge is -2.09. The second kappa shape index (κ2) is 3.97. The topological polar surface area (TPSA) is 0 Å². The van der Waals surface area contributed by atoms with Crippen LogP contribution < -0.4 is 0 Å². The van der Waals surface area contributed by atoms with Crippen molar-refractivity contribution in [3.05, 3.63) is 71.8 Å². The van der Waals surface area contributed by atoms with Crippen LogP contribution in [-0.2, 0) is 0 Å². The minimum absolute atomic E-state index is 0.852. The summed E-state index contributed by atoms with van der Waals surface area (Å²) in [7, 11) is 0. The van der Waals surface area contributed by atoms with Gasteiger partial charge in [-0.15, -0.1) is 0 Å². The Kier molecular flexibility index (Phi) is 2.27. The molecule has 19 heavy (non-hydrogen) atoms. The van der Waals surface area contributed by atoms with E-state index in [4.69, 9.17) is 11.6 Å². The van der Waals surface area contributed by atoms with Gasteiger partial charge in [0.1, 0.15) is 0 Å². The first-order valence-corrected chi connectivity index (χ1v) is 6.71. The lowest BCUT2D eigenvalue weighted by Crippen LogP contribution is -1.81. The summed E-state index contributed by atoms with van der Waals surface area (Å²) in [6, 6.07) is 23.2. The molecule has 0 saturated carbocycles. The van der Waals surface area contributed by atoms with Crippen LogP contribution in [0.4, 0.5) is 0 Å². The molecule has 1 heteroatoms. The fourth-order valence-corrected chi connectivity index (χ4v) is 3.16. The minimum Gasteiger partial charge on any atom is -0.0830 e. The molecule has 0 fully saturated rings. The first-order chi connectivity index (χ1) is 9.34. The molecule has 4 aromatic carbocycles. The average Bonchev–Trinajstić information content (AvgIpc) is 2.47. The first kappa shape index (κ1) is 10.8. The van der Waals surface area contributed by atoms with Crippen LogP contribution in [0, 0.1) is 0 Å². The molecule has 0 nitrogen and oxygen atoms in total. The van der Waals surface area contributed by atoms with Gasteiger partial charge in [-0.3, -0.25) is 0 Å². The normalized spacial score (nSPS) is 11.4. The van der Waals surface area contributed by atoms with Crippen LogP contribution in [0.3, 0.4) is 0 Å². The quantitative estimate of drug-likeness (QED) is 0.277. The van der Waals surface area contributed by atoms with Crippen molar-refractivity contribution in [2.24, 2.45) is 0 Å². The Labute approximate surface area is 116 Å². The third-order valence-electron chi connectivity index (χ3n) is 3.69. The number of halogens is 1. The molecule has 0 radical (unpaired) electrons. The van der Waals surface area contributed by atoms with Crippen molar-refractivity contribution >= 4 is 43.9 Å². The molecule has 0 aliphatic heterocycles. The Bertz CT molecular complexity index is 922. The Morgan fingerprint density at radius 2 is 1.21 bits per heavy atom. The summed E-state index contributed by atoms with van der Waals surface area (Å²) in [5.41, 5.74) is 0. The number of fused-ring (bicyclic) bond motifs is 4. The minimum atomic E-state index is 0.852. The van der Waals surface area contributed by atoms with E-state index in [1.807, 2.05) is 12.1 Å². The second-order valence-corrected chi connectivity index (χ2v) is 5.17. The van der Waals surface area contributed by atoms with Gasteiger partial charge >= 0.3 is 0 Å². The van der Waals surface area contributed by atoms with Crippen molar-refractivity contribution in [3.8, 4) is 0 Å². The van der Waals surface area contributed by atoms with E-state index in [0.717, 1.165) is 15.8 Å². The van der Waals surface area contributed by atoms with Gasteiger partial charge in [0, 0.05) is 10.8 Å². The standard InChI is InChI=1S/C18H11Cl/c19-18-16-8-4-2-6-13(16)11-14-10-9-12-5-1-3-7-15(12)17(14)18/h1-11H. The third kappa shape index (κ3) is 1.54. The van der Waals surface area contributed by atoms with E-state index in [9.17, 15) is 0 Å². The van der Waals surface area contributed by atoms with Crippen LogP contribution in [0.15, 0.2) is 66.7 Å². The lowest BCUT2D eigenvalue weighted by molar-refractivity contribution is 1.77. The number of hydrogen-bond acceptors (Lipinski definition) is 0. The SMILES string of the molecule is Clc1c2ccccc2cc2ccc3ccccc3c12. The van der Waals surface area contributed by atoms with Gasteiger partial charge in [-0.1, -0.05) is 72.3 Å². The number of rotatable bonds is 0. The molecule has 0 atom stereocenters. The molecule has 0 heterocycles. The van der Waals surface area contributed by atoms with Gasteiger partial charge in [-0.25, -0.2) is 0 Å². The zero-order chi connectivity index (χ0) is 12.8. The van der Waals surface area contributed by atoms with Gasteiger partial charge in [0.05, 0.1) is 5.02 Å². The lowest BCUT2D eigenvalue weighted by atomic mass is 9.98. The summed E-state index contributed by atoms with van der Waals surface area (Å²) in [5, 5.41) is 7.96. The molecule has 0 aromatic heterocycles. The van der Waals surface area contributed by atoms with Gasteiger partial charge < -0.3 is 0 Å². The van der Waals surface area contributed by atoms with Gasteiger partial charge in [0.2, 0.25) is 0 Å². The molecule has 0 aliphatic rings. The zero-order valence-corrected chi connectivity index (χ0v) is 11.0. The number of hydrogen-bond donors (Lipinski definition) is 0. The van der Waals surface area contributed by atoms with E-state index in [0.29, 0.717) is 0 Å². The Morgan fingerprint density at radius 1 is 0.579 bits per heavy atom. The molecule has 4 rings (SSSR count). The summed E-state index contributed by atoms with van der Waals surface area (Å²) in [6.07, 6.45) is 0. The predicted molar refractivity (Wildman–Crippen MR) is 84.0 cm³/mol. The Hall–Kier alpha value is -2.05. The highest BCUT2D eigenvalue weighted by molar-refractivity contribution is 6.43. The van der Waals surface area contributed by atoms with Crippen LogP contribution in [-0.4, -0.2) is 0 Å². The smallest absolute Gasteiger partial charge is 0.0569 e. The van der Waals surface area contributed by atoms with E-state index in [2.05, 4.69) is 54.6 Å². The number of benzene rings is 4. The maximum Gasteiger partial charge on any atom is 0.0569 e. The van der Waals surface area contributed by atoms with Crippen molar-refractivity contribution in [1.82, 2.24) is 0 Å². The molecular weight excluding hydrogens is 252 g/mol. The highest BCUT2D eigenvalue weighted by atomic mass is 35.5. The van der Waals surface area contributed by atoms with Crippen LogP contribution >= 0.6 is 11.6 Å². The molecule has 0 aliphatic carbocycles. The highest BCUT2D eigenvalue weighted by Crippen LogP contribution is 2.36. The zero-order valence-electron chi connectivity index (χ0n) is 10.2. The summed E-state index contributed by atoms with van der Waals surface area (Å²) < 4.78 is 0. The fraction of sp³-hybridized carbons (Fsp3) is 0. The molecule has 4 aromatic rings. The van der Waals surface area contributed by atoms with Crippen LogP contribution in [0.1, 0.15) is 0 Å². The summed E-state index contributed by atoms with van der Waals surface area (Å²) >= 11 is 6.65. The molecular formula is C18H11Cl. The first-order valence-electron chi connectivity index (χ1n) is 6.33. The van der Waals surface area contributed by atoms with Crippen molar-refractivity contribution in [2.45, 2.75) is 0 Å². The van der Waals surface area contributed by atoms with Gasteiger partial charge in [0.15, 0.2) is 0 Å². The predicted octanol–water partition coefficient (Wildman–Crippen LogP) is 5.80. The van der Waals surface area contributed by atoms with E-state index in [1.165, 1.54) is 21.5 Å². The van der Waals surface area contributed by atoms with Crippen LogP contribution in [0.2, 0.25) is 5.02 Å². The highest BCUT2D eigenvalue weighted by Gasteiger charge is 2.08.